The minimum Gasteiger partial charge on any atom is -0.348 e. The van der Waals surface area contributed by atoms with E-state index in [2.05, 4.69) is 9.71 Å². The SMILES string of the molecule is CN(C)C(=O)CNS(=O)(=O)c1c[nH]c(=O)c(Cl)c1. The minimum absolute atomic E-state index is 0.210. The maximum absolute atomic E-state index is 11.8. The van der Waals surface area contributed by atoms with Crippen LogP contribution < -0.4 is 10.3 Å². The van der Waals surface area contributed by atoms with E-state index in [0.29, 0.717) is 0 Å². The van der Waals surface area contributed by atoms with Gasteiger partial charge in [0.2, 0.25) is 15.9 Å². The fourth-order valence-corrected chi connectivity index (χ4v) is 2.20. The van der Waals surface area contributed by atoms with Crippen LogP contribution in [0.3, 0.4) is 0 Å². The second-order valence-electron chi connectivity index (χ2n) is 3.63. The number of halogens is 1. The van der Waals surface area contributed by atoms with E-state index in [-0.39, 0.29) is 16.5 Å². The minimum atomic E-state index is -3.88. The molecule has 0 unspecified atom stereocenters. The summed E-state index contributed by atoms with van der Waals surface area (Å²) in [5, 5.41) is -0.239. The third-order valence-electron chi connectivity index (χ3n) is 2.05. The first kappa shape index (κ1) is 14.7. The van der Waals surface area contributed by atoms with Crippen LogP contribution >= 0.6 is 11.6 Å². The molecule has 2 N–H and O–H groups in total. The van der Waals surface area contributed by atoms with E-state index in [4.69, 9.17) is 11.6 Å². The summed E-state index contributed by atoms with van der Waals surface area (Å²) >= 11 is 5.52. The smallest absolute Gasteiger partial charge is 0.266 e. The molecule has 9 heteroatoms. The van der Waals surface area contributed by atoms with Crippen LogP contribution in [-0.4, -0.2) is 44.8 Å². The zero-order valence-corrected chi connectivity index (χ0v) is 11.3. The van der Waals surface area contributed by atoms with Crippen molar-refractivity contribution in [2.24, 2.45) is 0 Å². The summed E-state index contributed by atoms with van der Waals surface area (Å²) in [6.45, 7) is -0.369. The number of sulfonamides is 1. The van der Waals surface area contributed by atoms with Crippen molar-refractivity contribution in [2.45, 2.75) is 4.90 Å². The Morgan fingerprint density at radius 2 is 2.11 bits per heavy atom. The molecule has 0 saturated heterocycles. The van der Waals surface area contributed by atoms with Gasteiger partial charge in [-0.2, -0.15) is 0 Å². The van der Waals surface area contributed by atoms with Crippen molar-refractivity contribution in [2.75, 3.05) is 20.6 Å². The molecule has 0 spiro atoms. The molecule has 0 aromatic carbocycles. The van der Waals surface area contributed by atoms with Gasteiger partial charge in [0.1, 0.15) is 5.02 Å². The maximum atomic E-state index is 11.8. The molecule has 18 heavy (non-hydrogen) atoms. The van der Waals surface area contributed by atoms with Crippen molar-refractivity contribution in [3.8, 4) is 0 Å². The molecule has 1 amide bonds. The number of carbonyl (C=O) groups is 1. The van der Waals surface area contributed by atoms with E-state index in [1.54, 1.807) is 0 Å². The lowest BCUT2D eigenvalue weighted by Gasteiger charge is -2.11. The second-order valence-corrected chi connectivity index (χ2v) is 5.80. The van der Waals surface area contributed by atoms with Gasteiger partial charge in [-0.1, -0.05) is 11.6 Å². The Labute approximate surface area is 109 Å². The summed E-state index contributed by atoms with van der Waals surface area (Å²) in [6, 6.07) is 1.02. The molecule has 1 rings (SSSR count). The average Bonchev–Trinajstić information content (AvgIpc) is 2.29. The Morgan fingerprint density at radius 3 is 2.61 bits per heavy atom. The van der Waals surface area contributed by atoms with E-state index in [1.807, 2.05) is 0 Å². The predicted octanol–water partition coefficient (Wildman–Crippen LogP) is -0.605. The Morgan fingerprint density at radius 1 is 1.50 bits per heavy atom. The summed E-state index contributed by atoms with van der Waals surface area (Å²) in [5.74, 6) is -0.394. The van der Waals surface area contributed by atoms with Crippen LogP contribution in [0.2, 0.25) is 5.02 Å². The standard InChI is InChI=1S/C9H12ClN3O4S/c1-13(2)8(14)5-12-18(16,17)6-3-7(10)9(15)11-4-6/h3-4,12H,5H2,1-2H3,(H,11,15). The number of hydrogen-bond acceptors (Lipinski definition) is 4. The first-order chi connectivity index (χ1) is 8.24. The van der Waals surface area contributed by atoms with Gasteiger partial charge < -0.3 is 9.88 Å². The van der Waals surface area contributed by atoms with Crippen LogP contribution in [0.1, 0.15) is 0 Å². The van der Waals surface area contributed by atoms with Crippen molar-refractivity contribution in [1.82, 2.24) is 14.6 Å². The van der Waals surface area contributed by atoms with Gasteiger partial charge in [0, 0.05) is 20.3 Å². The largest absolute Gasteiger partial charge is 0.348 e. The quantitative estimate of drug-likeness (QED) is 0.774. The lowest BCUT2D eigenvalue weighted by atomic mass is 10.5. The molecule has 1 aromatic heterocycles. The first-order valence-electron chi connectivity index (χ1n) is 4.82. The van der Waals surface area contributed by atoms with Gasteiger partial charge in [-0.3, -0.25) is 9.59 Å². The monoisotopic (exact) mass is 293 g/mol. The van der Waals surface area contributed by atoms with Gasteiger partial charge in [0.05, 0.1) is 11.4 Å². The van der Waals surface area contributed by atoms with E-state index in [9.17, 15) is 18.0 Å². The number of rotatable bonds is 4. The van der Waals surface area contributed by atoms with Crippen molar-refractivity contribution < 1.29 is 13.2 Å². The average molecular weight is 294 g/mol. The predicted molar refractivity (Wildman–Crippen MR) is 66.0 cm³/mol. The Bertz CT molecular complexity index is 608. The summed E-state index contributed by atoms with van der Waals surface area (Å²) in [4.78, 5) is 25.5. The van der Waals surface area contributed by atoms with Crippen LogP contribution in [0.25, 0.3) is 0 Å². The summed E-state index contributed by atoms with van der Waals surface area (Å²) in [7, 11) is -0.865. The number of H-pyrrole nitrogens is 1. The van der Waals surface area contributed by atoms with Crippen LogP contribution in [0.15, 0.2) is 22.0 Å². The number of pyridine rings is 1. The maximum Gasteiger partial charge on any atom is 0.266 e. The lowest BCUT2D eigenvalue weighted by molar-refractivity contribution is -0.127. The molecule has 0 aliphatic heterocycles. The Hall–Kier alpha value is -1.38. The number of nitrogens with one attached hydrogen (secondary N) is 2. The number of carbonyl (C=O) groups excluding carboxylic acids is 1. The summed E-state index contributed by atoms with van der Waals surface area (Å²) in [6.07, 6.45) is 1.01. The number of amides is 1. The molecule has 7 nitrogen and oxygen atoms in total. The normalized spacial score (nSPS) is 11.3. The highest BCUT2D eigenvalue weighted by molar-refractivity contribution is 7.89. The fourth-order valence-electron chi connectivity index (χ4n) is 0.991. The number of likely N-dealkylation sites (N-methyl/N-ethyl adjacent to an activating group) is 1. The zero-order valence-electron chi connectivity index (χ0n) is 9.73. The second kappa shape index (κ2) is 5.51. The molecular weight excluding hydrogens is 282 g/mol. The third-order valence-corrected chi connectivity index (χ3v) is 3.72. The summed E-state index contributed by atoms with van der Waals surface area (Å²) < 4.78 is 25.6. The van der Waals surface area contributed by atoms with Crippen LogP contribution in [0.5, 0.6) is 0 Å². The molecule has 100 valence electrons. The molecule has 0 fully saturated rings. The van der Waals surface area contributed by atoms with Gasteiger partial charge in [-0.15, -0.1) is 0 Å². The Kier molecular flexibility index (Phi) is 4.49. The molecule has 0 saturated carbocycles. The van der Waals surface area contributed by atoms with Crippen molar-refractivity contribution >= 4 is 27.5 Å². The number of hydrogen-bond donors (Lipinski definition) is 2. The van der Waals surface area contributed by atoms with Gasteiger partial charge >= 0.3 is 0 Å². The van der Waals surface area contributed by atoms with Crippen LogP contribution in [-0.2, 0) is 14.8 Å². The molecule has 0 bridgehead atoms. The van der Waals surface area contributed by atoms with Gasteiger partial charge in [0.25, 0.3) is 5.56 Å². The van der Waals surface area contributed by atoms with Crippen LogP contribution in [0.4, 0.5) is 0 Å². The highest BCUT2D eigenvalue weighted by atomic mass is 35.5. The highest BCUT2D eigenvalue weighted by Gasteiger charge is 2.17. The third kappa shape index (κ3) is 3.56. The topological polar surface area (TPSA) is 99.3 Å². The Balaban J connectivity index is 2.90. The van der Waals surface area contributed by atoms with Gasteiger partial charge in [0.15, 0.2) is 0 Å². The number of nitrogens with zero attached hydrogens (tertiary/aromatic N) is 1. The summed E-state index contributed by atoms with van der Waals surface area (Å²) in [5.41, 5.74) is -0.583. The number of aromatic nitrogens is 1. The van der Waals surface area contributed by atoms with Crippen molar-refractivity contribution in [3.63, 3.8) is 0 Å². The number of aromatic amines is 1. The van der Waals surface area contributed by atoms with E-state index in [1.165, 1.54) is 19.0 Å². The first-order valence-corrected chi connectivity index (χ1v) is 6.68. The zero-order chi connectivity index (χ0) is 13.9. The van der Waals surface area contributed by atoms with E-state index >= 15 is 0 Å². The fraction of sp³-hybridized carbons (Fsp3) is 0.333. The molecular formula is C9H12ClN3O4S. The molecule has 1 heterocycles. The van der Waals surface area contributed by atoms with Crippen molar-refractivity contribution in [1.29, 1.82) is 0 Å². The van der Waals surface area contributed by atoms with E-state index < -0.39 is 21.5 Å². The molecule has 0 aliphatic rings. The van der Waals surface area contributed by atoms with Crippen LogP contribution in [0, 0.1) is 0 Å². The van der Waals surface area contributed by atoms with Gasteiger partial charge in [-0.05, 0) is 6.07 Å². The molecule has 0 aliphatic carbocycles. The van der Waals surface area contributed by atoms with Crippen molar-refractivity contribution in [3.05, 3.63) is 27.6 Å². The molecule has 1 aromatic rings. The van der Waals surface area contributed by atoms with Gasteiger partial charge in [-0.25, -0.2) is 13.1 Å². The molecule has 0 atom stereocenters. The van der Waals surface area contributed by atoms with E-state index in [0.717, 1.165) is 12.3 Å². The highest BCUT2D eigenvalue weighted by Crippen LogP contribution is 2.09. The lowest BCUT2D eigenvalue weighted by Crippen LogP contribution is -2.36. The molecule has 0 radical (unpaired) electrons.